The fourth-order valence-electron chi connectivity index (χ4n) is 8.13. The Kier molecular flexibility index (Phi) is 6.71. The molecule has 5 nitrogen and oxygen atoms in total. The minimum atomic E-state index is -0.858. The van der Waals surface area contributed by atoms with E-state index >= 15 is 0 Å². The van der Waals surface area contributed by atoms with Crippen LogP contribution in [0.15, 0.2) is 24.3 Å². The molecule has 0 aromatic heterocycles. The number of aromatic carboxylic acids is 1. The number of piperazine rings is 1. The zero-order valence-corrected chi connectivity index (χ0v) is 22.6. The van der Waals surface area contributed by atoms with Crippen molar-refractivity contribution in [3.8, 4) is 0 Å². The standard InChI is InChI=1S/C30H47N3O2/c1-20-25-16-23(30(25,4)5)17-27(20)31-26-10-11-29(2,3)18-22(26)19-32-12-14-33(15-13-32)24-8-6-21(7-9-24)28(34)35/h6-9,20,22-23,25-27,31H,10-19H2,1-5H3,(H,34,35)/t20?,22?,23-,25+,26?,27-/m0/s1. The first-order valence-electron chi connectivity index (χ1n) is 14.1. The summed E-state index contributed by atoms with van der Waals surface area (Å²) in [4.78, 5) is 16.2. The first-order valence-corrected chi connectivity index (χ1v) is 14.1. The van der Waals surface area contributed by atoms with Gasteiger partial charge >= 0.3 is 5.97 Å². The Bertz CT molecular complexity index is 903. The third kappa shape index (κ3) is 5.00. The predicted molar refractivity (Wildman–Crippen MR) is 143 cm³/mol. The monoisotopic (exact) mass is 481 g/mol. The molecular weight excluding hydrogens is 434 g/mol. The molecule has 1 heterocycles. The molecular formula is C30H47N3O2. The fraction of sp³-hybridized carbons (Fsp3) is 0.767. The Morgan fingerprint density at radius 2 is 1.71 bits per heavy atom. The Balaban J connectivity index is 1.18. The number of nitrogens with one attached hydrogen (secondary N) is 1. The van der Waals surface area contributed by atoms with Crippen molar-refractivity contribution in [3.63, 3.8) is 0 Å². The second kappa shape index (κ2) is 9.37. The summed E-state index contributed by atoms with van der Waals surface area (Å²) in [6.07, 6.45) is 6.80. The van der Waals surface area contributed by atoms with E-state index in [0.717, 1.165) is 55.5 Å². The molecule has 1 saturated heterocycles. The van der Waals surface area contributed by atoms with Crippen molar-refractivity contribution in [3.05, 3.63) is 29.8 Å². The third-order valence-corrected chi connectivity index (χ3v) is 10.6. The average Bonchev–Trinajstić information content (AvgIpc) is 2.82. The van der Waals surface area contributed by atoms with E-state index in [2.05, 4.69) is 49.7 Å². The molecule has 5 heteroatoms. The van der Waals surface area contributed by atoms with Crippen LogP contribution in [0.5, 0.6) is 0 Å². The minimum absolute atomic E-state index is 0.360. The maximum absolute atomic E-state index is 11.2. The highest BCUT2D eigenvalue weighted by molar-refractivity contribution is 5.88. The van der Waals surface area contributed by atoms with Crippen molar-refractivity contribution >= 4 is 11.7 Å². The summed E-state index contributed by atoms with van der Waals surface area (Å²) in [5, 5.41) is 13.4. The number of hydrogen-bond acceptors (Lipinski definition) is 4. The van der Waals surface area contributed by atoms with Crippen molar-refractivity contribution in [2.75, 3.05) is 37.6 Å². The maximum Gasteiger partial charge on any atom is 0.335 e. The predicted octanol–water partition coefficient (Wildman–Crippen LogP) is 5.36. The number of anilines is 1. The topological polar surface area (TPSA) is 55.8 Å². The zero-order chi connectivity index (χ0) is 25.0. The number of benzene rings is 1. The van der Waals surface area contributed by atoms with Crippen LogP contribution in [-0.4, -0.2) is 60.8 Å². The highest BCUT2D eigenvalue weighted by Crippen LogP contribution is 2.61. The normalized spacial score (nSPS) is 36.4. The summed E-state index contributed by atoms with van der Waals surface area (Å²) in [5.41, 5.74) is 2.50. The van der Waals surface area contributed by atoms with Crippen molar-refractivity contribution in [2.24, 2.45) is 34.5 Å². The van der Waals surface area contributed by atoms with Crippen LogP contribution >= 0.6 is 0 Å². The SMILES string of the molecule is CC1[C@@H](NC2CCC(C)(C)CC2CN2CCN(c3ccc(C(=O)O)cc3)CC2)C[C@@H]2C[C@H]1C2(C)C. The molecule has 194 valence electrons. The van der Waals surface area contributed by atoms with E-state index in [4.69, 9.17) is 5.11 Å². The number of fused-ring (bicyclic) bond motifs is 2. The fourth-order valence-corrected chi connectivity index (χ4v) is 8.13. The van der Waals surface area contributed by atoms with Crippen LogP contribution in [0.2, 0.25) is 0 Å². The molecule has 6 atom stereocenters. The lowest BCUT2D eigenvalue weighted by atomic mass is 9.44. The molecule has 2 N–H and O–H groups in total. The van der Waals surface area contributed by atoms with Gasteiger partial charge in [0.15, 0.2) is 0 Å². The Morgan fingerprint density at radius 1 is 1.03 bits per heavy atom. The van der Waals surface area contributed by atoms with Gasteiger partial charge in [0, 0.05) is 50.5 Å². The van der Waals surface area contributed by atoms with Crippen molar-refractivity contribution < 1.29 is 9.90 Å². The van der Waals surface area contributed by atoms with E-state index in [9.17, 15) is 4.79 Å². The molecule has 0 amide bonds. The van der Waals surface area contributed by atoms with E-state index in [-0.39, 0.29) is 0 Å². The average molecular weight is 482 g/mol. The smallest absolute Gasteiger partial charge is 0.335 e. The van der Waals surface area contributed by atoms with E-state index in [1.54, 1.807) is 12.1 Å². The van der Waals surface area contributed by atoms with Crippen LogP contribution in [-0.2, 0) is 0 Å². The summed E-state index contributed by atoms with van der Waals surface area (Å²) in [6, 6.07) is 8.72. The van der Waals surface area contributed by atoms with Gasteiger partial charge in [-0.05, 0) is 90.9 Å². The Hall–Kier alpha value is -1.59. The van der Waals surface area contributed by atoms with Gasteiger partial charge in [-0.15, -0.1) is 0 Å². The largest absolute Gasteiger partial charge is 0.478 e. The van der Waals surface area contributed by atoms with Gasteiger partial charge in [0.05, 0.1) is 5.56 Å². The van der Waals surface area contributed by atoms with E-state index in [0.29, 0.717) is 28.5 Å². The summed E-state index contributed by atoms with van der Waals surface area (Å²) in [6.45, 7) is 17.9. The molecule has 4 saturated carbocycles. The van der Waals surface area contributed by atoms with Crippen molar-refractivity contribution in [1.29, 1.82) is 0 Å². The van der Waals surface area contributed by atoms with E-state index < -0.39 is 5.97 Å². The van der Waals surface area contributed by atoms with Crippen LogP contribution < -0.4 is 10.2 Å². The second-order valence-corrected chi connectivity index (χ2v) is 13.6. The molecule has 0 radical (unpaired) electrons. The van der Waals surface area contributed by atoms with Crippen molar-refractivity contribution in [2.45, 2.75) is 78.8 Å². The summed E-state index contributed by atoms with van der Waals surface area (Å²) in [7, 11) is 0. The molecule has 1 aromatic carbocycles. The number of carboxylic acids is 1. The van der Waals surface area contributed by atoms with Crippen LogP contribution in [0.4, 0.5) is 5.69 Å². The van der Waals surface area contributed by atoms with Gasteiger partial charge in [-0.1, -0.05) is 34.6 Å². The van der Waals surface area contributed by atoms with E-state index in [1.807, 2.05) is 12.1 Å². The first kappa shape index (κ1) is 25.1. The number of carboxylic acid groups (broad SMARTS) is 1. The number of nitrogens with zero attached hydrogens (tertiary/aromatic N) is 2. The van der Waals surface area contributed by atoms with Crippen LogP contribution in [0.3, 0.4) is 0 Å². The molecule has 35 heavy (non-hydrogen) atoms. The highest BCUT2D eigenvalue weighted by Gasteiger charge is 2.56. The van der Waals surface area contributed by atoms with Gasteiger partial charge in [-0.2, -0.15) is 0 Å². The van der Waals surface area contributed by atoms with Gasteiger partial charge in [0.1, 0.15) is 0 Å². The minimum Gasteiger partial charge on any atom is -0.478 e. The van der Waals surface area contributed by atoms with Crippen LogP contribution in [0, 0.1) is 34.5 Å². The Morgan fingerprint density at radius 3 is 2.31 bits per heavy atom. The zero-order valence-electron chi connectivity index (χ0n) is 22.6. The number of hydrogen-bond donors (Lipinski definition) is 2. The summed E-state index contributed by atoms with van der Waals surface area (Å²) >= 11 is 0. The molecule has 0 spiro atoms. The second-order valence-electron chi connectivity index (χ2n) is 13.6. The van der Waals surface area contributed by atoms with Gasteiger partial charge in [-0.25, -0.2) is 4.79 Å². The van der Waals surface area contributed by atoms with Crippen LogP contribution in [0.1, 0.15) is 77.1 Å². The molecule has 3 unspecified atom stereocenters. The molecule has 5 aliphatic rings. The quantitative estimate of drug-likeness (QED) is 0.573. The summed E-state index contributed by atoms with van der Waals surface area (Å²) < 4.78 is 0. The van der Waals surface area contributed by atoms with E-state index in [1.165, 1.54) is 38.6 Å². The van der Waals surface area contributed by atoms with Gasteiger partial charge in [0.2, 0.25) is 0 Å². The van der Waals surface area contributed by atoms with Crippen molar-refractivity contribution in [1.82, 2.24) is 10.2 Å². The lowest BCUT2D eigenvalue weighted by molar-refractivity contribution is -0.118. The maximum atomic E-state index is 11.2. The molecule has 5 fully saturated rings. The molecule has 6 rings (SSSR count). The molecule has 1 aromatic rings. The van der Waals surface area contributed by atoms with Crippen LogP contribution in [0.25, 0.3) is 0 Å². The summed E-state index contributed by atoms with van der Waals surface area (Å²) in [5.74, 6) is 2.47. The number of carbonyl (C=O) groups is 1. The molecule has 2 bridgehead atoms. The van der Waals surface area contributed by atoms with Gasteiger partial charge in [0.25, 0.3) is 0 Å². The lowest BCUT2D eigenvalue weighted by Gasteiger charge is -2.63. The molecule has 4 aliphatic carbocycles. The van der Waals surface area contributed by atoms with Gasteiger partial charge < -0.3 is 15.3 Å². The lowest BCUT2D eigenvalue weighted by Crippen LogP contribution is -2.62. The molecule has 1 aliphatic heterocycles. The first-order chi connectivity index (χ1) is 16.5. The number of rotatable bonds is 6. The third-order valence-electron chi connectivity index (χ3n) is 10.6. The van der Waals surface area contributed by atoms with Gasteiger partial charge in [-0.3, -0.25) is 4.90 Å². The highest BCUT2D eigenvalue weighted by atomic mass is 16.4. The Labute approximate surface area is 212 Å².